The summed E-state index contributed by atoms with van der Waals surface area (Å²) >= 11 is 0. The molecule has 27 heavy (non-hydrogen) atoms. The lowest BCUT2D eigenvalue weighted by atomic mass is 10.1. The second-order valence-corrected chi connectivity index (χ2v) is 8.52. The maximum Gasteiger partial charge on any atom is 0.240 e. The van der Waals surface area contributed by atoms with Crippen LogP contribution in [0.3, 0.4) is 0 Å². The topological polar surface area (TPSA) is 87.7 Å². The third-order valence-electron chi connectivity index (χ3n) is 4.31. The van der Waals surface area contributed by atoms with E-state index in [1.54, 1.807) is 13.0 Å². The van der Waals surface area contributed by atoms with Crippen LogP contribution in [0.4, 0.5) is 0 Å². The van der Waals surface area contributed by atoms with Crippen LogP contribution in [0.15, 0.2) is 47.4 Å². The number of nitrogens with zero attached hydrogens (tertiary/aromatic N) is 2. The molecule has 0 radical (unpaired) electrons. The highest BCUT2D eigenvalue weighted by molar-refractivity contribution is 7.89. The highest BCUT2D eigenvalue weighted by Gasteiger charge is 2.16. The van der Waals surface area contributed by atoms with Crippen LogP contribution in [0, 0.1) is 20.8 Å². The first-order chi connectivity index (χ1) is 12.8. The number of H-pyrrole nitrogens is 1. The number of aromatic nitrogens is 3. The summed E-state index contributed by atoms with van der Waals surface area (Å²) in [6, 6.07) is 13.6. The zero-order valence-electron chi connectivity index (χ0n) is 15.8. The Balaban J connectivity index is 1.59. The first-order valence-electron chi connectivity index (χ1n) is 8.86. The Morgan fingerprint density at radius 2 is 1.81 bits per heavy atom. The van der Waals surface area contributed by atoms with E-state index in [1.807, 2.05) is 31.2 Å². The van der Waals surface area contributed by atoms with E-state index in [9.17, 15) is 8.42 Å². The van der Waals surface area contributed by atoms with E-state index in [1.165, 1.54) is 5.56 Å². The van der Waals surface area contributed by atoms with Gasteiger partial charge in [-0.05, 0) is 43.5 Å². The summed E-state index contributed by atoms with van der Waals surface area (Å²) in [6.45, 7) is 5.97. The van der Waals surface area contributed by atoms with Crippen molar-refractivity contribution in [3.63, 3.8) is 0 Å². The van der Waals surface area contributed by atoms with Gasteiger partial charge >= 0.3 is 0 Å². The van der Waals surface area contributed by atoms with E-state index in [2.05, 4.69) is 39.0 Å². The highest BCUT2D eigenvalue weighted by atomic mass is 32.2. The SMILES string of the molecule is Cc1cccc(Cc2nc(CCNS(=O)(=O)c3cc(C)ccc3C)n[nH]2)c1. The molecule has 0 aliphatic carbocycles. The number of hydrogen-bond acceptors (Lipinski definition) is 4. The van der Waals surface area contributed by atoms with Crippen molar-refractivity contribution in [2.24, 2.45) is 0 Å². The smallest absolute Gasteiger partial charge is 0.240 e. The van der Waals surface area contributed by atoms with Gasteiger partial charge in [0, 0.05) is 19.4 Å². The second kappa shape index (κ2) is 8.02. The van der Waals surface area contributed by atoms with Gasteiger partial charge in [0.15, 0.2) is 5.82 Å². The molecule has 2 aromatic carbocycles. The van der Waals surface area contributed by atoms with E-state index in [4.69, 9.17) is 0 Å². The van der Waals surface area contributed by atoms with E-state index >= 15 is 0 Å². The molecule has 0 saturated heterocycles. The molecule has 0 saturated carbocycles. The molecule has 7 heteroatoms. The summed E-state index contributed by atoms with van der Waals surface area (Å²) in [5, 5.41) is 7.12. The Morgan fingerprint density at radius 1 is 1.04 bits per heavy atom. The average Bonchev–Trinajstić information content (AvgIpc) is 3.04. The summed E-state index contributed by atoms with van der Waals surface area (Å²) in [5.74, 6) is 1.37. The maximum atomic E-state index is 12.5. The third-order valence-corrected chi connectivity index (χ3v) is 5.91. The van der Waals surface area contributed by atoms with Crippen molar-refractivity contribution in [1.29, 1.82) is 0 Å². The molecular formula is C20H24N4O2S. The summed E-state index contributed by atoms with van der Waals surface area (Å²) < 4.78 is 27.7. The van der Waals surface area contributed by atoms with Crippen LogP contribution < -0.4 is 4.72 Å². The van der Waals surface area contributed by atoms with E-state index in [-0.39, 0.29) is 6.54 Å². The predicted octanol–water partition coefficient (Wildman–Crippen LogP) is 2.84. The first kappa shape index (κ1) is 19.3. The molecule has 0 bridgehead atoms. The van der Waals surface area contributed by atoms with Crippen LogP contribution in [0.5, 0.6) is 0 Å². The quantitative estimate of drug-likeness (QED) is 0.656. The van der Waals surface area contributed by atoms with Gasteiger partial charge in [-0.3, -0.25) is 5.10 Å². The van der Waals surface area contributed by atoms with Gasteiger partial charge in [0.1, 0.15) is 5.82 Å². The van der Waals surface area contributed by atoms with Gasteiger partial charge in [0.25, 0.3) is 0 Å². The Kier molecular flexibility index (Phi) is 5.72. The molecular weight excluding hydrogens is 360 g/mol. The van der Waals surface area contributed by atoms with E-state index in [0.29, 0.717) is 23.6 Å². The third kappa shape index (κ3) is 5.02. The minimum absolute atomic E-state index is 0.247. The fraction of sp³-hybridized carbons (Fsp3) is 0.300. The largest absolute Gasteiger partial charge is 0.263 e. The lowest BCUT2D eigenvalue weighted by Crippen LogP contribution is -2.27. The van der Waals surface area contributed by atoms with Crippen molar-refractivity contribution in [1.82, 2.24) is 19.9 Å². The fourth-order valence-corrected chi connectivity index (χ4v) is 4.27. The number of nitrogens with one attached hydrogen (secondary N) is 2. The van der Waals surface area contributed by atoms with Crippen molar-refractivity contribution in [2.75, 3.05) is 6.54 Å². The number of aryl methyl sites for hydroxylation is 3. The second-order valence-electron chi connectivity index (χ2n) is 6.78. The number of rotatable bonds is 7. The van der Waals surface area contributed by atoms with Crippen LogP contribution in [0.25, 0.3) is 0 Å². The predicted molar refractivity (Wildman–Crippen MR) is 105 cm³/mol. The van der Waals surface area contributed by atoms with Gasteiger partial charge < -0.3 is 0 Å². The minimum Gasteiger partial charge on any atom is -0.263 e. The molecule has 2 N–H and O–H groups in total. The number of hydrogen-bond donors (Lipinski definition) is 2. The summed E-state index contributed by atoms with van der Waals surface area (Å²) in [5.41, 5.74) is 4.00. The Bertz CT molecular complexity index is 1040. The maximum absolute atomic E-state index is 12.5. The van der Waals surface area contributed by atoms with Gasteiger partial charge in [-0.2, -0.15) is 5.10 Å². The lowest BCUT2D eigenvalue weighted by molar-refractivity contribution is 0.580. The standard InChI is InChI=1S/C20H24N4O2S/c1-14-5-4-6-17(11-14)13-20-22-19(23-24-20)9-10-21-27(25,26)18-12-15(2)7-8-16(18)3/h4-8,11-12,21H,9-10,13H2,1-3H3,(H,22,23,24). The van der Waals surface area contributed by atoms with Crippen LogP contribution in [0.2, 0.25) is 0 Å². The summed E-state index contributed by atoms with van der Waals surface area (Å²) in [4.78, 5) is 4.77. The molecule has 0 amide bonds. The zero-order valence-corrected chi connectivity index (χ0v) is 16.6. The summed E-state index contributed by atoms with van der Waals surface area (Å²) in [6.07, 6.45) is 1.09. The molecule has 0 aliphatic heterocycles. The molecule has 3 aromatic rings. The Labute approximate surface area is 160 Å². The molecule has 1 heterocycles. The molecule has 0 atom stereocenters. The van der Waals surface area contributed by atoms with Gasteiger partial charge in [-0.1, -0.05) is 42.0 Å². The van der Waals surface area contributed by atoms with Gasteiger partial charge in [-0.15, -0.1) is 0 Å². The zero-order chi connectivity index (χ0) is 19.4. The normalized spacial score (nSPS) is 11.7. The van der Waals surface area contributed by atoms with Crippen LogP contribution in [-0.4, -0.2) is 30.1 Å². The first-order valence-corrected chi connectivity index (χ1v) is 10.3. The molecule has 1 aromatic heterocycles. The molecule has 0 aliphatic rings. The van der Waals surface area contributed by atoms with Gasteiger partial charge in [0.2, 0.25) is 10.0 Å². The molecule has 0 spiro atoms. The summed E-state index contributed by atoms with van der Waals surface area (Å²) in [7, 11) is -3.55. The van der Waals surface area contributed by atoms with Crippen molar-refractivity contribution in [3.05, 3.63) is 76.4 Å². The molecule has 142 valence electrons. The number of sulfonamides is 1. The van der Waals surface area contributed by atoms with Gasteiger partial charge in [-0.25, -0.2) is 18.1 Å². The van der Waals surface area contributed by atoms with Crippen molar-refractivity contribution in [3.8, 4) is 0 Å². The van der Waals surface area contributed by atoms with E-state index in [0.717, 1.165) is 22.5 Å². The molecule has 3 rings (SSSR count). The number of aromatic amines is 1. The van der Waals surface area contributed by atoms with Crippen molar-refractivity contribution >= 4 is 10.0 Å². The Hall–Kier alpha value is -2.51. The monoisotopic (exact) mass is 384 g/mol. The minimum atomic E-state index is -3.55. The Morgan fingerprint density at radius 3 is 2.59 bits per heavy atom. The lowest BCUT2D eigenvalue weighted by Gasteiger charge is -2.09. The fourth-order valence-electron chi connectivity index (χ4n) is 2.91. The van der Waals surface area contributed by atoms with Crippen LogP contribution in [-0.2, 0) is 22.9 Å². The van der Waals surface area contributed by atoms with Gasteiger partial charge in [0.05, 0.1) is 4.90 Å². The number of benzene rings is 2. The van der Waals surface area contributed by atoms with E-state index < -0.39 is 10.0 Å². The molecule has 6 nitrogen and oxygen atoms in total. The molecule has 0 fully saturated rings. The average molecular weight is 385 g/mol. The highest BCUT2D eigenvalue weighted by Crippen LogP contribution is 2.16. The van der Waals surface area contributed by atoms with Crippen LogP contribution in [0.1, 0.15) is 33.9 Å². The molecule has 0 unspecified atom stereocenters. The van der Waals surface area contributed by atoms with Crippen molar-refractivity contribution in [2.45, 2.75) is 38.5 Å². The van der Waals surface area contributed by atoms with Crippen LogP contribution >= 0.6 is 0 Å². The van der Waals surface area contributed by atoms with Crippen molar-refractivity contribution < 1.29 is 8.42 Å².